The predicted molar refractivity (Wildman–Crippen MR) is 100 cm³/mol. The molecule has 3 rings (SSSR count). The summed E-state index contributed by atoms with van der Waals surface area (Å²) < 4.78 is 58.6. The fraction of sp³-hybridized carbons (Fsp3) is 0.300. The lowest BCUT2D eigenvalue weighted by molar-refractivity contribution is -0.209. The molecule has 0 saturated heterocycles. The summed E-state index contributed by atoms with van der Waals surface area (Å²) in [5.74, 6) is -1.02. The number of rotatable bonds is 6. The van der Waals surface area contributed by atoms with E-state index in [0.29, 0.717) is 16.5 Å². The molecule has 0 bridgehead atoms. The zero-order valence-electron chi connectivity index (χ0n) is 15.4. The summed E-state index contributed by atoms with van der Waals surface area (Å²) in [7, 11) is 0. The number of ether oxygens (including phenoxy) is 1. The van der Waals surface area contributed by atoms with Crippen molar-refractivity contribution >= 4 is 28.5 Å². The topological polar surface area (TPSA) is 44.1 Å². The van der Waals surface area contributed by atoms with Crippen LogP contribution in [0.5, 0.6) is 0 Å². The van der Waals surface area contributed by atoms with Gasteiger partial charge in [0, 0.05) is 16.8 Å². The Balaban J connectivity index is 2.07. The third-order valence-electron chi connectivity index (χ3n) is 4.37. The third kappa shape index (κ3) is 4.70. The van der Waals surface area contributed by atoms with Crippen molar-refractivity contribution in [1.82, 2.24) is 9.78 Å². The Kier molecular flexibility index (Phi) is 6.12. The van der Waals surface area contributed by atoms with E-state index in [4.69, 9.17) is 16.3 Å². The van der Waals surface area contributed by atoms with E-state index >= 15 is 0 Å². The van der Waals surface area contributed by atoms with Gasteiger partial charge in [-0.1, -0.05) is 29.8 Å². The minimum Gasteiger partial charge on any atom is -0.466 e. The average molecular weight is 429 g/mol. The van der Waals surface area contributed by atoms with Gasteiger partial charge in [-0.05, 0) is 42.7 Å². The first-order chi connectivity index (χ1) is 13.7. The monoisotopic (exact) mass is 428 g/mol. The zero-order chi connectivity index (χ0) is 21.2. The van der Waals surface area contributed by atoms with Crippen LogP contribution >= 0.6 is 11.6 Å². The van der Waals surface area contributed by atoms with Crippen LogP contribution in [0.25, 0.3) is 10.9 Å². The molecule has 0 aliphatic rings. The molecule has 0 N–H and O–H groups in total. The summed E-state index contributed by atoms with van der Waals surface area (Å²) in [6, 6.07) is 8.36. The lowest BCUT2D eigenvalue weighted by Crippen LogP contribution is -2.18. The number of esters is 1. The molecular weight excluding hydrogens is 412 g/mol. The molecule has 4 nitrogen and oxygen atoms in total. The Bertz CT molecular complexity index is 1050. The summed E-state index contributed by atoms with van der Waals surface area (Å²) in [5, 5.41) is 4.20. The molecule has 0 atom stereocenters. The molecule has 0 fully saturated rings. The number of aryl methyl sites for hydroxylation is 1. The van der Waals surface area contributed by atoms with Gasteiger partial charge in [0.15, 0.2) is 0 Å². The van der Waals surface area contributed by atoms with Gasteiger partial charge in [-0.3, -0.25) is 4.79 Å². The number of halogens is 5. The molecule has 0 aliphatic heterocycles. The van der Waals surface area contributed by atoms with E-state index in [1.165, 1.54) is 24.3 Å². The van der Waals surface area contributed by atoms with Crippen molar-refractivity contribution in [3.05, 3.63) is 64.1 Å². The molecule has 0 spiro atoms. The number of benzene rings is 2. The van der Waals surface area contributed by atoms with E-state index in [9.17, 15) is 22.4 Å². The number of hydrogen-bond acceptors (Lipinski definition) is 3. The highest BCUT2D eigenvalue weighted by Gasteiger charge is 2.35. The minimum atomic E-state index is -4.72. The molecular formula is C20H17ClF4N2O2. The van der Waals surface area contributed by atoms with Gasteiger partial charge in [-0.2, -0.15) is 9.78 Å². The standard InChI is InChI=1S/C20H17ClF4N2O2/c1-2-29-18(28)9-8-16-19-13(10-12-6-7-14(22)11-15(12)21)4-3-5-17(19)27(26-16)20(23,24)25/h3-7,11H,2,8-10H2,1H3. The first-order valence-corrected chi connectivity index (χ1v) is 9.24. The van der Waals surface area contributed by atoms with Crippen LogP contribution in [-0.2, 0) is 28.7 Å². The SMILES string of the molecule is CCOC(=O)CCc1nn(C(F)(F)F)c2cccc(Cc3ccc(F)cc3Cl)c12. The van der Waals surface area contributed by atoms with E-state index < -0.39 is 18.1 Å². The molecule has 1 heterocycles. The van der Waals surface area contributed by atoms with Crippen molar-refractivity contribution in [3.8, 4) is 0 Å². The van der Waals surface area contributed by atoms with E-state index in [1.807, 2.05) is 0 Å². The maximum Gasteiger partial charge on any atom is 0.505 e. The Morgan fingerprint density at radius 3 is 2.62 bits per heavy atom. The van der Waals surface area contributed by atoms with Crippen molar-refractivity contribution in [2.75, 3.05) is 6.61 Å². The van der Waals surface area contributed by atoms with Crippen LogP contribution < -0.4 is 0 Å². The Hall–Kier alpha value is -2.61. The first kappa shape index (κ1) is 21.1. The molecule has 0 unspecified atom stereocenters. The normalized spacial score (nSPS) is 11.8. The van der Waals surface area contributed by atoms with Crippen LogP contribution in [0.15, 0.2) is 36.4 Å². The maximum atomic E-state index is 13.5. The third-order valence-corrected chi connectivity index (χ3v) is 4.73. The smallest absolute Gasteiger partial charge is 0.466 e. The van der Waals surface area contributed by atoms with E-state index in [-0.39, 0.29) is 46.8 Å². The second-order valence-electron chi connectivity index (χ2n) is 6.36. The van der Waals surface area contributed by atoms with Crippen LogP contribution in [0, 0.1) is 5.82 Å². The van der Waals surface area contributed by atoms with Gasteiger partial charge >= 0.3 is 12.3 Å². The highest BCUT2D eigenvalue weighted by Crippen LogP contribution is 2.33. The summed E-state index contributed by atoms with van der Waals surface area (Å²) in [6.45, 7) is 1.83. The number of fused-ring (bicyclic) bond motifs is 1. The average Bonchev–Trinajstić information content (AvgIpc) is 3.03. The quantitative estimate of drug-likeness (QED) is 0.390. The number of carbonyl (C=O) groups excluding carboxylic acids is 1. The molecule has 1 aromatic heterocycles. The number of alkyl halides is 3. The molecule has 9 heteroatoms. The molecule has 0 aliphatic carbocycles. The van der Waals surface area contributed by atoms with Crippen LogP contribution in [0.2, 0.25) is 5.02 Å². The van der Waals surface area contributed by atoms with Crippen molar-refractivity contribution < 1.29 is 27.1 Å². The summed E-state index contributed by atoms with van der Waals surface area (Å²) in [4.78, 5) is 11.7. The van der Waals surface area contributed by atoms with Crippen molar-refractivity contribution in [2.24, 2.45) is 0 Å². The lowest BCUT2D eigenvalue weighted by atomic mass is 9.98. The minimum absolute atomic E-state index is 0.00140. The van der Waals surface area contributed by atoms with Crippen LogP contribution in [0.3, 0.4) is 0 Å². The Morgan fingerprint density at radius 1 is 1.21 bits per heavy atom. The second-order valence-corrected chi connectivity index (χ2v) is 6.76. The predicted octanol–water partition coefficient (Wildman–Crippen LogP) is 5.39. The lowest BCUT2D eigenvalue weighted by Gasteiger charge is -2.09. The van der Waals surface area contributed by atoms with E-state index in [2.05, 4.69) is 5.10 Å². The van der Waals surface area contributed by atoms with Crippen LogP contribution in [-0.4, -0.2) is 22.4 Å². The van der Waals surface area contributed by atoms with Crippen molar-refractivity contribution in [1.29, 1.82) is 0 Å². The number of nitrogens with zero attached hydrogens (tertiary/aromatic N) is 2. The molecule has 0 amide bonds. The number of hydrogen-bond donors (Lipinski definition) is 0. The van der Waals surface area contributed by atoms with Crippen molar-refractivity contribution in [2.45, 2.75) is 32.5 Å². The van der Waals surface area contributed by atoms with Gasteiger partial charge in [0.2, 0.25) is 0 Å². The highest BCUT2D eigenvalue weighted by atomic mass is 35.5. The van der Waals surface area contributed by atoms with Crippen LogP contribution in [0.4, 0.5) is 17.6 Å². The molecule has 0 saturated carbocycles. The fourth-order valence-corrected chi connectivity index (χ4v) is 3.39. The largest absolute Gasteiger partial charge is 0.505 e. The Morgan fingerprint density at radius 2 is 1.97 bits per heavy atom. The zero-order valence-corrected chi connectivity index (χ0v) is 16.1. The van der Waals surface area contributed by atoms with Gasteiger partial charge in [0.25, 0.3) is 0 Å². The fourth-order valence-electron chi connectivity index (χ4n) is 3.16. The number of carbonyl (C=O) groups is 1. The van der Waals surface area contributed by atoms with Crippen LogP contribution in [0.1, 0.15) is 30.2 Å². The Labute approximate surface area is 169 Å². The van der Waals surface area contributed by atoms with E-state index in [1.54, 1.807) is 13.0 Å². The first-order valence-electron chi connectivity index (χ1n) is 8.87. The van der Waals surface area contributed by atoms with E-state index in [0.717, 1.165) is 6.07 Å². The molecule has 3 aromatic rings. The van der Waals surface area contributed by atoms with Gasteiger partial charge in [-0.25, -0.2) is 4.39 Å². The van der Waals surface area contributed by atoms with Crippen molar-refractivity contribution in [3.63, 3.8) is 0 Å². The number of aromatic nitrogens is 2. The van der Waals surface area contributed by atoms with Gasteiger partial charge in [0.05, 0.1) is 24.2 Å². The molecule has 154 valence electrons. The summed E-state index contributed by atoms with van der Waals surface area (Å²) >= 11 is 6.08. The highest BCUT2D eigenvalue weighted by molar-refractivity contribution is 6.31. The van der Waals surface area contributed by atoms with Gasteiger partial charge in [0.1, 0.15) is 5.82 Å². The summed E-state index contributed by atoms with van der Waals surface area (Å²) in [6.07, 6.45) is -4.63. The molecule has 29 heavy (non-hydrogen) atoms. The van der Waals surface area contributed by atoms with Gasteiger partial charge < -0.3 is 4.74 Å². The summed E-state index contributed by atoms with van der Waals surface area (Å²) in [5.41, 5.74) is 1.13. The molecule has 0 radical (unpaired) electrons. The second kappa shape index (κ2) is 8.41. The maximum absolute atomic E-state index is 13.5. The van der Waals surface area contributed by atoms with Gasteiger partial charge in [-0.15, -0.1) is 13.2 Å². The molecule has 2 aromatic carbocycles.